The van der Waals surface area contributed by atoms with Crippen molar-refractivity contribution in [3.05, 3.63) is 29.3 Å². The van der Waals surface area contributed by atoms with Crippen LogP contribution < -0.4 is 0 Å². The molecule has 1 heterocycles. The summed E-state index contributed by atoms with van der Waals surface area (Å²) >= 11 is 0. The van der Waals surface area contributed by atoms with Gasteiger partial charge in [0.1, 0.15) is 0 Å². The number of likely N-dealkylation sites (N-methyl/N-ethyl adjacent to an activating group) is 2. The molecule has 1 amide bonds. The zero-order chi connectivity index (χ0) is 16.8. The van der Waals surface area contributed by atoms with Gasteiger partial charge in [0.15, 0.2) is 0 Å². The molecule has 124 valence electrons. The van der Waals surface area contributed by atoms with Crippen LogP contribution in [0.1, 0.15) is 25.0 Å². The van der Waals surface area contributed by atoms with Crippen molar-refractivity contribution in [2.24, 2.45) is 0 Å². The number of aryl methyl sites for hydroxylation is 1. The molecule has 2 rings (SSSR count). The monoisotopic (exact) mass is 316 g/mol. The van der Waals surface area contributed by atoms with Crippen LogP contribution in [0.15, 0.2) is 18.2 Å². The first-order chi connectivity index (χ1) is 11.0. The molecule has 0 saturated carbocycles. The van der Waals surface area contributed by atoms with Crippen LogP contribution in [0.5, 0.6) is 0 Å². The van der Waals surface area contributed by atoms with E-state index >= 15 is 0 Å². The average Bonchev–Trinajstić information content (AvgIpc) is 3.04. The van der Waals surface area contributed by atoms with E-state index in [1.165, 1.54) is 0 Å². The highest BCUT2D eigenvalue weighted by Crippen LogP contribution is 2.21. The summed E-state index contributed by atoms with van der Waals surface area (Å²) in [6, 6.07) is 6.16. The van der Waals surface area contributed by atoms with E-state index in [0.29, 0.717) is 18.9 Å². The smallest absolute Gasteiger partial charge is 0.236 e. The number of benzene rings is 1. The van der Waals surface area contributed by atoms with Gasteiger partial charge in [-0.15, -0.1) is 10.2 Å². The zero-order valence-electron chi connectivity index (χ0n) is 14.2. The molecule has 0 aliphatic carbocycles. The molecule has 1 aromatic carbocycles. The van der Waals surface area contributed by atoms with Crippen molar-refractivity contribution in [3.8, 4) is 11.4 Å². The zero-order valence-corrected chi connectivity index (χ0v) is 14.2. The van der Waals surface area contributed by atoms with E-state index in [0.717, 1.165) is 29.8 Å². The first kappa shape index (κ1) is 17.1. The summed E-state index contributed by atoms with van der Waals surface area (Å²) in [5.41, 5.74) is 3.17. The van der Waals surface area contributed by atoms with Gasteiger partial charge in [-0.25, -0.2) is 0 Å². The van der Waals surface area contributed by atoms with Crippen LogP contribution in [-0.2, 0) is 11.3 Å². The van der Waals surface area contributed by atoms with Gasteiger partial charge >= 0.3 is 0 Å². The van der Waals surface area contributed by atoms with Crippen LogP contribution >= 0.6 is 0 Å². The highest BCUT2D eigenvalue weighted by Gasteiger charge is 2.13. The molecule has 0 saturated heterocycles. The number of carbonyl (C=O) groups excluding carboxylic acids is 1. The normalized spacial score (nSPS) is 11.0. The number of nitrogens with zero attached hydrogens (tertiary/aromatic N) is 5. The molecule has 2 aromatic rings. The number of rotatable bonds is 7. The SMILES string of the molecule is CCN(CC)C(=O)CN(C)Cc1ccc(C)c(-c2nn[nH]n2)c1. The van der Waals surface area contributed by atoms with Crippen molar-refractivity contribution in [1.82, 2.24) is 30.4 Å². The molecule has 0 unspecified atom stereocenters. The summed E-state index contributed by atoms with van der Waals surface area (Å²) in [7, 11) is 1.95. The van der Waals surface area contributed by atoms with Gasteiger partial charge in [0, 0.05) is 25.2 Å². The summed E-state index contributed by atoms with van der Waals surface area (Å²) in [5, 5.41) is 14.2. The van der Waals surface area contributed by atoms with Crippen molar-refractivity contribution in [2.75, 3.05) is 26.7 Å². The van der Waals surface area contributed by atoms with Crippen LogP contribution in [0.4, 0.5) is 0 Å². The Morgan fingerprint density at radius 3 is 2.61 bits per heavy atom. The summed E-state index contributed by atoms with van der Waals surface area (Å²) in [4.78, 5) is 16.0. The standard InChI is InChI=1S/C16H24N6O/c1-5-22(6-2)15(23)11-21(4)10-13-8-7-12(3)14(9-13)16-17-19-20-18-16/h7-9H,5-6,10-11H2,1-4H3,(H,17,18,19,20). The predicted octanol–water partition coefficient (Wildman–Crippen LogP) is 1.48. The largest absolute Gasteiger partial charge is 0.342 e. The Hall–Kier alpha value is -2.28. The highest BCUT2D eigenvalue weighted by atomic mass is 16.2. The minimum absolute atomic E-state index is 0.156. The van der Waals surface area contributed by atoms with E-state index in [4.69, 9.17) is 0 Å². The number of aromatic nitrogens is 4. The van der Waals surface area contributed by atoms with Crippen LogP contribution in [0.25, 0.3) is 11.4 Å². The molecule has 1 aromatic heterocycles. The van der Waals surface area contributed by atoms with Crippen LogP contribution in [-0.4, -0.2) is 63.0 Å². The van der Waals surface area contributed by atoms with Gasteiger partial charge in [-0.1, -0.05) is 12.1 Å². The molecule has 0 spiro atoms. The first-order valence-corrected chi connectivity index (χ1v) is 7.84. The molecule has 0 radical (unpaired) electrons. The maximum absolute atomic E-state index is 12.2. The lowest BCUT2D eigenvalue weighted by molar-refractivity contribution is -0.131. The highest BCUT2D eigenvalue weighted by molar-refractivity contribution is 5.78. The van der Waals surface area contributed by atoms with Gasteiger partial charge in [-0.2, -0.15) is 5.21 Å². The Morgan fingerprint density at radius 1 is 1.26 bits per heavy atom. The lowest BCUT2D eigenvalue weighted by atomic mass is 10.0. The lowest BCUT2D eigenvalue weighted by Crippen LogP contribution is -2.38. The second kappa shape index (κ2) is 7.82. The van der Waals surface area contributed by atoms with Gasteiger partial charge < -0.3 is 4.90 Å². The molecule has 23 heavy (non-hydrogen) atoms. The quantitative estimate of drug-likeness (QED) is 0.837. The molecule has 0 atom stereocenters. The number of nitrogens with one attached hydrogen (secondary N) is 1. The molecule has 0 aliphatic rings. The molecular weight excluding hydrogens is 292 g/mol. The number of tetrazole rings is 1. The Bertz CT molecular complexity index is 636. The number of carbonyl (C=O) groups is 1. The van der Waals surface area contributed by atoms with Gasteiger partial charge in [0.2, 0.25) is 11.7 Å². The van der Waals surface area contributed by atoms with E-state index in [2.05, 4.69) is 32.8 Å². The van der Waals surface area contributed by atoms with Gasteiger partial charge in [-0.05, 0) is 50.2 Å². The number of aromatic amines is 1. The molecule has 7 heteroatoms. The fourth-order valence-corrected chi connectivity index (χ4v) is 2.56. The summed E-state index contributed by atoms with van der Waals surface area (Å²) in [5.74, 6) is 0.745. The number of amides is 1. The van der Waals surface area contributed by atoms with Gasteiger partial charge in [0.25, 0.3) is 0 Å². The summed E-state index contributed by atoms with van der Waals surface area (Å²) in [6.45, 7) is 8.61. The van der Waals surface area contributed by atoms with Crippen molar-refractivity contribution in [2.45, 2.75) is 27.3 Å². The molecule has 1 N–H and O–H groups in total. The van der Waals surface area contributed by atoms with Crippen molar-refractivity contribution in [3.63, 3.8) is 0 Å². The van der Waals surface area contributed by atoms with Crippen molar-refractivity contribution < 1.29 is 4.79 Å². The number of H-pyrrole nitrogens is 1. The third-order valence-corrected chi connectivity index (χ3v) is 3.86. The summed E-state index contributed by atoms with van der Waals surface area (Å²) < 4.78 is 0. The molecule has 7 nitrogen and oxygen atoms in total. The first-order valence-electron chi connectivity index (χ1n) is 7.84. The lowest BCUT2D eigenvalue weighted by Gasteiger charge is -2.23. The molecular formula is C16H24N6O. The van der Waals surface area contributed by atoms with E-state index < -0.39 is 0 Å². The van der Waals surface area contributed by atoms with E-state index in [9.17, 15) is 4.79 Å². The topological polar surface area (TPSA) is 78.0 Å². The minimum atomic E-state index is 0.156. The Morgan fingerprint density at radius 2 is 2.00 bits per heavy atom. The Labute approximate surface area is 136 Å². The van der Waals surface area contributed by atoms with Crippen LogP contribution in [0, 0.1) is 6.92 Å². The van der Waals surface area contributed by atoms with Crippen molar-refractivity contribution in [1.29, 1.82) is 0 Å². The number of hydrogen-bond donors (Lipinski definition) is 1. The van der Waals surface area contributed by atoms with Crippen LogP contribution in [0.2, 0.25) is 0 Å². The van der Waals surface area contributed by atoms with E-state index in [-0.39, 0.29) is 5.91 Å². The molecule has 0 fully saturated rings. The fraction of sp³-hybridized carbons (Fsp3) is 0.500. The summed E-state index contributed by atoms with van der Waals surface area (Å²) in [6.07, 6.45) is 0. The Kier molecular flexibility index (Phi) is 5.81. The van der Waals surface area contributed by atoms with Gasteiger partial charge in [-0.3, -0.25) is 9.69 Å². The van der Waals surface area contributed by atoms with Gasteiger partial charge in [0.05, 0.1) is 6.54 Å². The predicted molar refractivity (Wildman–Crippen MR) is 88.6 cm³/mol. The van der Waals surface area contributed by atoms with E-state index in [1.807, 2.05) is 43.7 Å². The fourth-order valence-electron chi connectivity index (χ4n) is 2.56. The maximum Gasteiger partial charge on any atom is 0.236 e. The second-order valence-corrected chi connectivity index (χ2v) is 5.62. The minimum Gasteiger partial charge on any atom is -0.342 e. The second-order valence-electron chi connectivity index (χ2n) is 5.62. The average molecular weight is 316 g/mol. The van der Waals surface area contributed by atoms with Crippen molar-refractivity contribution >= 4 is 5.91 Å². The Balaban J connectivity index is 2.05. The number of hydrogen-bond acceptors (Lipinski definition) is 5. The van der Waals surface area contributed by atoms with E-state index in [1.54, 1.807) is 0 Å². The molecule has 0 bridgehead atoms. The third kappa shape index (κ3) is 4.35. The molecule has 0 aliphatic heterocycles. The third-order valence-electron chi connectivity index (χ3n) is 3.86. The maximum atomic E-state index is 12.2. The van der Waals surface area contributed by atoms with Crippen LogP contribution in [0.3, 0.4) is 0 Å².